The fourth-order valence-electron chi connectivity index (χ4n) is 1.22. The summed E-state index contributed by atoms with van der Waals surface area (Å²) in [6, 6.07) is 3.00. The van der Waals surface area contributed by atoms with E-state index in [0.717, 1.165) is 0 Å². The molecule has 0 fully saturated rings. The highest BCUT2D eigenvalue weighted by Crippen LogP contribution is 2.33. The average Bonchev–Trinajstić information content (AvgIpc) is 2.18. The number of methoxy groups -OCH3 is 1. The SMILES string of the molecule is COc1cc(Cl)cc(CCC(=O)O)c1O. The number of carboxylic acids is 1. The molecule has 82 valence electrons. The van der Waals surface area contributed by atoms with Crippen LogP contribution in [0.2, 0.25) is 5.02 Å². The van der Waals surface area contributed by atoms with Crippen LogP contribution in [0, 0.1) is 0 Å². The Bertz CT molecular complexity index is 376. The summed E-state index contributed by atoms with van der Waals surface area (Å²) in [7, 11) is 1.41. The molecular formula is C10H11ClO4. The van der Waals surface area contributed by atoms with Crippen LogP contribution in [-0.4, -0.2) is 23.3 Å². The van der Waals surface area contributed by atoms with E-state index in [2.05, 4.69) is 0 Å². The van der Waals surface area contributed by atoms with E-state index in [-0.39, 0.29) is 24.3 Å². The molecular weight excluding hydrogens is 220 g/mol. The molecule has 5 heteroatoms. The minimum absolute atomic E-state index is 0.0526. The Kier molecular flexibility index (Phi) is 3.80. The third-order valence-electron chi connectivity index (χ3n) is 1.95. The topological polar surface area (TPSA) is 66.8 Å². The van der Waals surface area contributed by atoms with Crippen molar-refractivity contribution < 1.29 is 19.7 Å². The van der Waals surface area contributed by atoms with Crippen molar-refractivity contribution in [2.45, 2.75) is 12.8 Å². The maximum Gasteiger partial charge on any atom is 0.303 e. The minimum Gasteiger partial charge on any atom is -0.504 e. The molecule has 0 aliphatic carbocycles. The number of benzene rings is 1. The Labute approximate surface area is 92.1 Å². The van der Waals surface area contributed by atoms with Gasteiger partial charge >= 0.3 is 5.97 Å². The summed E-state index contributed by atoms with van der Waals surface area (Å²) >= 11 is 5.78. The summed E-state index contributed by atoms with van der Waals surface area (Å²) in [5, 5.41) is 18.6. The zero-order valence-electron chi connectivity index (χ0n) is 8.16. The Morgan fingerprint density at radius 2 is 2.20 bits per heavy atom. The molecule has 1 aromatic carbocycles. The van der Waals surface area contributed by atoms with Gasteiger partial charge in [0.2, 0.25) is 0 Å². The Morgan fingerprint density at radius 1 is 1.53 bits per heavy atom. The summed E-state index contributed by atoms with van der Waals surface area (Å²) in [5.41, 5.74) is 0.474. The molecule has 4 nitrogen and oxygen atoms in total. The highest BCUT2D eigenvalue weighted by atomic mass is 35.5. The predicted octanol–water partition coefficient (Wildman–Crippen LogP) is 2.07. The maximum atomic E-state index is 10.4. The quantitative estimate of drug-likeness (QED) is 0.831. The second-order valence-electron chi connectivity index (χ2n) is 3.01. The van der Waals surface area contributed by atoms with Crippen LogP contribution in [0.3, 0.4) is 0 Å². The van der Waals surface area contributed by atoms with Crippen molar-refractivity contribution in [2.24, 2.45) is 0 Å². The van der Waals surface area contributed by atoms with Crippen LogP contribution in [0.25, 0.3) is 0 Å². The zero-order chi connectivity index (χ0) is 11.4. The lowest BCUT2D eigenvalue weighted by Crippen LogP contribution is -1.98. The Hall–Kier alpha value is -1.42. The first-order chi connectivity index (χ1) is 7.04. The van der Waals surface area contributed by atoms with E-state index in [1.54, 1.807) is 0 Å². The number of carbonyl (C=O) groups is 1. The van der Waals surface area contributed by atoms with E-state index in [0.29, 0.717) is 10.6 Å². The van der Waals surface area contributed by atoms with Crippen molar-refractivity contribution in [3.8, 4) is 11.5 Å². The normalized spacial score (nSPS) is 10.0. The summed E-state index contributed by atoms with van der Waals surface area (Å²) in [4.78, 5) is 10.4. The van der Waals surface area contributed by atoms with Crippen molar-refractivity contribution in [3.05, 3.63) is 22.7 Å². The summed E-state index contributed by atoms with van der Waals surface area (Å²) in [6.07, 6.45) is 0.162. The molecule has 0 bridgehead atoms. The van der Waals surface area contributed by atoms with Crippen LogP contribution in [-0.2, 0) is 11.2 Å². The number of hydrogen-bond donors (Lipinski definition) is 2. The molecule has 0 spiro atoms. The van der Waals surface area contributed by atoms with Gasteiger partial charge in [0.05, 0.1) is 7.11 Å². The van der Waals surface area contributed by atoms with Gasteiger partial charge in [-0.15, -0.1) is 0 Å². The molecule has 0 radical (unpaired) electrons. The first-order valence-electron chi connectivity index (χ1n) is 4.31. The van der Waals surface area contributed by atoms with Crippen LogP contribution in [0.5, 0.6) is 11.5 Å². The van der Waals surface area contributed by atoms with Crippen LogP contribution < -0.4 is 4.74 Å². The number of carboxylic acid groups (broad SMARTS) is 1. The third kappa shape index (κ3) is 3.02. The van der Waals surface area contributed by atoms with E-state index >= 15 is 0 Å². The van der Waals surface area contributed by atoms with Gasteiger partial charge in [0.15, 0.2) is 11.5 Å². The second-order valence-corrected chi connectivity index (χ2v) is 3.45. The fraction of sp³-hybridized carbons (Fsp3) is 0.300. The van der Waals surface area contributed by atoms with Gasteiger partial charge in [-0.3, -0.25) is 4.79 Å². The largest absolute Gasteiger partial charge is 0.504 e. The number of halogens is 1. The lowest BCUT2D eigenvalue weighted by molar-refractivity contribution is -0.136. The first-order valence-corrected chi connectivity index (χ1v) is 4.69. The number of aromatic hydroxyl groups is 1. The molecule has 1 rings (SSSR count). The molecule has 1 aromatic rings. The van der Waals surface area contributed by atoms with Crippen molar-refractivity contribution in [2.75, 3.05) is 7.11 Å². The highest BCUT2D eigenvalue weighted by molar-refractivity contribution is 6.30. The van der Waals surface area contributed by atoms with Gasteiger partial charge in [-0.05, 0) is 18.1 Å². The highest BCUT2D eigenvalue weighted by Gasteiger charge is 2.10. The molecule has 15 heavy (non-hydrogen) atoms. The van der Waals surface area contributed by atoms with E-state index < -0.39 is 5.97 Å². The van der Waals surface area contributed by atoms with Gasteiger partial charge in [0.1, 0.15) is 0 Å². The molecule has 0 saturated carbocycles. The van der Waals surface area contributed by atoms with Crippen molar-refractivity contribution in [1.82, 2.24) is 0 Å². The monoisotopic (exact) mass is 230 g/mol. The molecule has 0 unspecified atom stereocenters. The standard InChI is InChI=1S/C10H11ClO4/c1-15-8-5-7(11)4-6(10(8)14)2-3-9(12)13/h4-5,14H,2-3H2,1H3,(H,12,13). The maximum absolute atomic E-state index is 10.4. The van der Waals surface area contributed by atoms with Crippen molar-refractivity contribution in [1.29, 1.82) is 0 Å². The number of aliphatic carboxylic acids is 1. The molecule has 0 amide bonds. The average molecular weight is 231 g/mol. The van der Waals surface area contributed by atoms with E-state index in [4.69, 9.17) is 21.4 Å². The zero-order valence-corrected chi connectivity index (χ0v) is 8.91. The molecule has 0 saturated heterocycles. The minimum atomic E-state index is -0.923. The number of ether oxygens (including phenoxy) is 1. The lowest BCUT2D eigenvalue weighted by Gasteiger charge is -2.08. The van der Waals surface area contributed by atoms with Crippen LogP contribution >= 0.6 is 11.6 Å². The number of aryl methyl sites for hydroxylation is 1. The fourth-order valence-corrected chi connectivity index (χ4v) is 1.45. The van der Waals surface area contributed by atoms with Gasteiger partial charge in [-0.2, -0.15) is 0 Å². The Balaban J connectivity index is 2.95. The molecule has 0 atom stereocenters. The van der Waals surface area contributed by atoms with E-state index in [9.17, 15) is 9.90 Å². The summed E-state index contributed by atoms with van der Waals surface area (Å²) in [6.45, 7) is 0. The number of hydrogen-bond acceptors (Lipinski definition) is 3. The lowest BCUT2D eigenvalue weighted by atomic mass is 10.1. The molecule has 0 aliphatic rings. The molecule has 0 aromatic heterocycles. The van der Waals surface area contributed by atoms with Gasteiger partial charge in [0.25, 0.3) is 0 Å². The summed E-state index contributed by atoms with van der Waals surface area (Å²) < 4.78 is 4.89. The van der Waals surface area contributed by atoms with Crippen LogP contribution in [0.1, 0.15) is 12.0 Å². The van der Waals surface area contributed by atoms with Crippen molar-refractivity contribution >= 4 is 17.6 Å². The van der Waals surface area contributed by atoms with E-state index in [1.165, 1.54) is 19.2 Å². The van der Waals surface area contributed by atoms with Gasteiger partial charge < -0.3 is 14.9 Å². The summed E-state index contributed by atoms with van der Waals surface area (Å²) in [5.74, 6) is -0.723. The van der Waals surface area contributed by atoms with Crippen LogP contribution in [0.15, 0.2) is 12.1 Å². The smallest absolute Gasteiger partial charge is 0.303 e. The third-order valence-corrected chi connectivity index (χ3v) is 2.16. The van der Waals surface area contributed by atoms with Gasteiger partial charge in [0, 0.05) is 17.5 Å². The molecule has 0 heterocycles. The number of phenolic OH excluding ortho intramolecular Hbond substituents is 1. The first kappa shape index (κ1) is 11.7. The predicted molar refractivity (Wildman–Crippen MR) is 55.6 cm³/mol. The Morgan fingerprint density at radius 3 is 2.73 bits per heavy atom. The van der Waals surface area contributed by atoms with Gasteiger partial charge in [-0.1, -0.05) is 11.6 Å². The van der Waals surface area contributed by atoms with Crippen LogP contribution in [0.4, 0.5) is 0 Å². The number of rotatable bonds is 4. The molecule has 0 aliphatic heterocycles. The van der Waals surface area contributed by atoms with E-state index in [1.807, 2.05) is 0 Å². The van der Waals surface area contributed by atoms with Crippen molar-refractivity contribution in [3.63, 3.8) is 0 Å². The molecule has 2 N–H and O–H groups in total. The number of phenols is 1. The second kappa shape index (κ2) is 4.89. The van der Waals surface area contributed by atoms with Gasteiger partial charge in [-0.25, -0.2) is 0 Å².